The molecule has 192 valence electrons. The zero-order valence-electron chi connectivity index (χ0n) is 19.8. The van der Waals surface area contributed by atoms with Crippen LogP contribution in [0.2, 0.25) is 0 Å². The third-order valence-corrected chi connectivity index (χ3v) is 6.47. The third kappa shape index (κ3) is 4.56. The maximum absolute atomic E-state index is 14.9. The molecule has 2 aromatic carbocycles. The van der Waals surface area contributed by atoms with Crippen molar-refractivity contribution in [2.24, 2.45) is 0 Å². The van der Waals surface area contributed by atoms with E-state index in [1.165, 1.54) is 19.2 Å². The van der Waals surface area contributed by atoms with E-state index < -0.39 is 23.3 Å². The number of methoxy groups -OCH3 is 2. The first-order valence-corrected chi connectivity index (χ1v) is 11.3. The molecule has 0 bridgehead atoms. The molecule has 37 heavy (non-hydrogen) atoms. The Bertz CT molecular complexity index is 1500. The molecule has 0 unspecified atom stereocenters. The maximum atomic E-state index is 14.9. The summed E-state index contributed by atoms with van der Waals surface area (Å²) in [6, 6.07) is 10.8. The summed E-state index contributed by atoms with van der Waals surface area (Å²) in [5.41, 5.74) is -0.113. The maximum Gasteiger partial charge on any atom is 0.401 e. The first kappa shape index (κ1) is 24.5. The van der Waals surface area contributed by atoms with Gasteiger partial charge in [0.25, 0.3) is 0 Å². The summed E-state index contributed by atoms with van der Waals surface area (Å²) in [6.45, 7) is 0. The Morgan fingerprint density at radius 2 is 1.86 bits per heavy atom. The molecule has 1 saturated carbocycles. The molecule has 1 fully saturated rings. The molecule has 1 amide bonds. The highest BCUT2D eigenvalue weighted by atomic mass is 19.4. The lowest BCUT2D eigenvalue weighted by Gasteiger charge is -2.14. The molecule has 7 nitrogen and oxygen atoms in total. The zero-order chi connectivity index (χ0) is 26.4. The SMILES string of the molecule is COc1cc(OC)c2cc(-c3ccc(CC(=O)Nc4cc(C5(C(F)(F)F)CC5)on4)c(F)c3)cnc2c1. The number of aromatic nitrogens is 2. The van der Waals surface area contributed by atoms with Crippen LogP contribution in [0.4, 0.5) is 23.4 Å². The molecule has 0 aliphatic heterocycles. The minimum absolute atomic E-state index is 0.0929. The van der Waals surface area contributed by atoms with Gasteiger partial charge in [0, 0.05) is 35.3 Å². The second-order valence-corrected chi connectivity index (χ2v) is 8.81. The van der Waals surface area contributed by atoms with Crippen molar-refractivity contribution in [3.8, 4) is 22.6 Å². The monoisotopic (exact) mass is 515 g/mol. The van der Waals surface area contributed by atoms with Gasteiger partial charge in [-0.05, 0) is 36.1 Å². The fourth-order valence-electron chi connectivity index (χ4n) is 4.20. The Kier molecular flexibility index (Phi) is 6.01. The number of carbonyl (C=O) groups excluding carboxylic acids is 1. The van der Waals surface area contributed by atoms with E-state index >= 15 is 0 Å². The standard InChI is InChI=1S/C26H21F4N3O4/c1-35-17-10-20-18(21(11-17)36-2)7-16(13-31-20)14-3-4-15(19(27)8-14)9-24(34)32-23-12-22(37-33-23)25(5-6-25)26(28,29)30/h3-4,7-8,10-13H,5-6,9H2,1-2H3,(H,32,33,34). The molecule has 5 rings (SSSR count). The van der Waals surface area contributed by atoms with E-state index in [-0.39, 0.29) is 36.4 Å². The van der Waals surface area contributed by atoms with Gasteiger partial charge in [-0.15, -0.1) is 0 Å². The fraction of sp³-hybridized carbons (Fsp3) is 0.269. The molecule has 11 heteroatoms. The van der Waals surface area contributed by atoms with Crippen LogP contribution >= 0.6 is 0 Å². The van der Waals surface area contributed by atoms with Crippen molar-refractivity contribution in [2.45, 2.75) is 30.9 Å². The van der Waals surface area contributed by atoms with Crippen LogP contribution in [0.5, 0.6) is 11.5 Å². The second kappa shape index (κ2) is 9.06. The number of amides is 1. The molecule has 0 spiro atoms. The molecule has 1 aliphatic rings. The Labute approximate surface area is 208 Å². The lowest BCUT2D eigenvalue weighted by Crippen LogP contribution is -2.28. The van der Waals surface area contributed by atoms with Gasteiger partial charge in [-0.25, -0.2) is 4.39 Å². The van der Waals surface area contributed by atoms with Crippen LogP contribution < -0.4 is 14.8 Å². The van der Waals surface area contributed by atoms with Gasteiger partial charge in [0.15, 0.2) is 11.6 Å². The summed E-state index contributed by atoms with van der Waals surface area (Å²) in [5.74, 6) is -0.618. The summed E-state index contributed by atoms with van der Waals surface area (Å²) < 4.78 is 70.2. The Balaban J connectivity index is 1.31. The third-order valence-electron chi connectivity index (χ3n) is 6.47. The van der Waals surface area contributed by atoms with Crippen LogP contribution in [0, 0.1) is 5.82 Å². The van der Waals surface area contributed by atoms with Gasteiger partial charge in [-0.2, -0.15) is 13.2 Å². The minimum Gasteiger partial charge on any atom is -0.497 e. The van der Waals surface area contributed by atoms with Crippen LogP contribution in [0.15, 0.2) is 53.2 Å². The van der Waals surface area contributed by atoms with Crippen LogP contribution in [-0.4, -0.2) is 36.4 Å². The number of fused-ring (bicyclic) bond motifs is 1. The normalized spacial score (nSPS) is 14.4. The van der Waals surface area contributed by atoms with E-state index in [4.69, 9.17) is 14.0 Å². The molecular weight excluding hydrogens is 494 g/mol. The predicted octanol–water partition coefficient (Wildman–Crippen LogP) is 5.82. The quantitative estimate of drug-likeness (QED) is 0.312. The summed E-state index contributed by atoms with van der Waals surface area (Å²) in [6.07, 6.45) is -3.40. The number of hydrogen-bond donors (Lipinski definition) is 1. The lowest BCUT2D eigenvalue weighted by molar-refractivity contribution is -0.165. The smallest absolute Gasteiger partial charge is 0.401 e. The summed E-state index contributed by atoms with van der Waals surface area (Å²) in [5, 5.41) is 6.60. The van der Waals surface area contributed by atoms with Crippen molar-refractivity contribution >= 4 is 22.6 Å². The number of benzene rings is 2. The molecule has 2 heterocycles. The van der Waals surface area contributed by atoms with Gasteiger partial charge in [-0.1, -0.05) is 17.3 Å². The highest BCUT2D eigenvalue weighted by Crippen LogP contribution is 2.59. The highest BCUT2D eigenvalue weighted by Gasteiger charge is 2.66. The molecule has 1 N–H and O–H groups in total. The molecule has 4 aromatic rings. The topological polar surface area (TPSA) is 86.5 Å². The highest BCUT2D eigenvalue weighted by molar-refractivity contribution is 5.92. The van der Waals surface area contributed by atoms with E-state index in [0.717, 1.165) is 11.5 Å². The Morgan fingerprint density at radius 1 is 1.08 bits per heavy atom. The van der Waals surface area contributed by atoms with Crippen LogP contribution in [0.3, 0.4) is 0 Å². The number of hydrogen-bond acceptors (Lipinski definition) is 6. The zero-order valence-corrected chi connectivity index (χ0v) is 19.8. The van der Waals surface area contributed by atoms with Gasteiger partial charge in [0.1, 0.15) is 22.7 Å². The largest absolute Gasteiger partial charge is 0.497 e. The number of carbonyl (C=O) groups is 1. The predicted molar refractivity (Wildman–Crippen MR) is 126 cm³/mol. The molecule has 0 radical (unpaired) electrons. The fourth-order valence-corrected chi connectivity index (χ4v) is 4.20. The average Bonchev–Trinajstić information content (AvgIpc) is 3.58. The number of pyridine rings is 1. The summed E-state index contributed by atoms with van der Waals surface area (Å²) >= 11 is 0. The van der Waals surface area contributed by atoms with Crippen molar-refractivity contribution < 1.29 is 36.4 Å². The van der Waals surface area contributed by atoms with Gasteiger partial charge >= 0.3 is 6.18 Å². The van der Waals surface area contributed by atoms with Crippen molar-refractivity contribution in [2.75, 3.05) is 19.5 Å². The van der Waals surface area contributed by atoms with E-state index in [1.54, 1.807) is 31.5 Å². The number of nitrogens with one attached hydrogen (secondary N) is 1. The van der Waals surface area contributed by atoms with Gasteiger partial charge in [0.05, 0.1) is 26.2 Å². The average molecular weight is 515 g/mol. The number of halogens is 4. The molecule has 0 saturated heterocycles. The van der Waals surface area contributed by atoms with E-state index in [2.05, 4.69) is 15.5 Å². The number of alkyl halides is 3. The van der Waals surface area contributed by atoms with Crippen molar-refractivity contribution in [1.29, 1.82) is 0 Å². The van der Waals surface area contributed by atoms with E-state index in [1.807, 2.05) is 6.07 Å². The van der Waals surface area contributed by atoms with Crippen LogP contribution in [-0.2, 0) is 16.6 Å². The van der Waals surface area contributed by atoms with E-state index in [9.17, 15) is 22.4 Å². The van der Waals surface area contributed by atoms with Gasteiger partial charge in [-0.3, -0.25) is 9.78 Å². The van der Waals surface area contributed by atoms with Crippen LogP contribution in [0.25, 0.3) is 22.0 Å². The molecule has 1 aliphatic carbocycles. The second-order valence-electron chi connectivity index (χ2n) is 8.81. The molecule has 0 atom stereocenters. The lowest BCUT2D eigenvalue weighted by atomic mass is 10.0. The minimum atomic E-state index is -4.46. The van der Waals surface area contributed by atoms with Crippen molar-refractivity contribution in [1.82, 2.24) is 10.1 Å². The number of anilines is 1. The first-order valence-electron chi connectivity index (χ1n) is 11.3. The van der Waals surface area contributed by atoms with E-state index in [0.29, 0.717) is 28.1 Å². The Hall–Kier alpha value is -4.15. The Morgan fingerprint density at radius 3 is 2.51 bits per heavy atom. The summed E-state index contributed by atoms with van der Waals surface area (Å²) in [7, 11) is 3.07. The van der Waals surface area contributed by atoms with Gasteiger partial charge < -0.3 is 19.3 Å². The number of rotatable bonds is 7. The molecule has 2 aromatic heterocycles. The summed E-state index contributed by atoms with van der Waals surface area (Å²) in [4.78, 5) is 16.8. The van der Waals surface area contributed by atoms with Crippen molar-refractivity contribution in [3.05, 3.63) is 65.8 Å². The van der Waals surface area contributed by atoms with Gasteiger partial charge in [0.2, 0.25) is 5.91 Å². The first-order chi connectivity index (χ1) is 17.6. The number of ether oxygens (including phenoxy) is 2. The molecular formula is C26H21F4N3O4. The van der Waals surface area contributed by atoms with Crippen LogP contribution in [0.1, 0.15) is 24.2 Å². The van der Waals surface area contributed by atoms with Crippen molar-refractivity contribution in [3.63, 3.8) is 0 Å². The number of nitrogens with zero attached hydrogens (tertiary/aromatic N) is 2.